The Hall–Kier alpha value is -1.36. The number of hydrogen-bond donors (Lipinski definition) is 1. The van der Waals surface area contributed by atoms with Gasteiger partial charge >= 0.3 is 0 Å². The molecule has 1 saturated heterocycles. The van der Waals surface area contributed by atoms with Gasteiger partial charge in [0, 0.05) is 37.4 Å². The highest BCUT2D eigenvalue weighted by molar-refractivity contribution is 5.35. The molecular weight excluding hydrogens is 216 g/mol. The van der Waals surface area contributed by atoms with Crippen molar-refractivity contribution in [1.82, 2.24) is 15.3 Å². The molecule has 0 radical (unpaired) electrons. The van der Waals surface area contributed by atoms with Gasteiger partial charge in [0.25, 0.3) is 0 Å². The molecule has 0 saturated carbocycles. The Bertz CT molecular complexity index is 383. The molecule has 0 aliphatic carbocycles. The highest BCUT2D eigenvalue weighted by atomic mass is 16.5. The molecule has 17 heavy (non-hydrogen) atoms. The Labute approximate surface area is 102 Å². The van der Waals surface area contributed by atoms with Crippen LogP contribution < -0.4 is 15.0 Å². The Kier molecular flexibility index (Phi) is 3.78. The van der Waals surface area contributed by atoms with Gasteiger partial charge in [-0.15, -0.1) is 0 Å². The molecule has 0 spiro atoms. The third-order valence-electron chi connectivity index (χ3n) is 2.76. The summed E-state index contributed by atoms with van der Waals surface area (Å²) < 4.78 is 5.45. The maximum Gasteiger partial charge on any atom is 0.228 e. The molecule has 94 valence electrons. The van der Waals surface area contributed by atoms with Gasteiger partial charge in [-0.3, -0.25) is 0 Å². The summed E-state index contributed by atoms with van der Waals surface area (Å²) in [6.45, 7) is 9.60. The van der Waals surface area contributed by atoms with Crippen LogP contribution in [0, 0.1) is 6.92 Å². The van der Waals surface area contributed by atoms with Gasteiger partial charge in [-0.05, 0) is 20.8 Å². The Balaban J connectivity index is 2.18. The molecule has 0 unspecified atom stereocenters. The Morgan fingerprint density at radius 1 is 1.53 bits per heavy atom. The predicted molar refractivity (Wildman–Crippen MR) is 67.6 cm³/mol. The predicted octanol–water partition coefficient (Wildman–Crippen LogP) is 0.982. The molecule has 2 heterocycles. The van der Waals surface area contributed by atoms with Gasteiger partial charge in [-0.2, -0.15) is 4.98 Å². The lowest BCUT2D eigenvalue weighted by molar-refractivity contribution is 0.325. The zero-order valence-corrected chi connectivity index (χ0v) is 10.7. The van der Waals surface area contributed by atoms with E-state index in [4.69, 9.17) is 4.74 Å². The largest absolute Gasteiger partial charge is 0.478 e. The number of hydrogen-bond acceptors (Lipinski definition) is 5. The standard InChI is InChI=1S/C12H20N4O/c1-4-17-11-7-9(2)14-12(15-11)16-6-5-13-10(3)8-16/h7,10,13H,4-6,8H2,1-3H3/t10-/m1/s1. The number of aromatic nitrogens is 2. The van der Waals surface area contributed by atoms with E-state index in [2.05, 4.69) is 27.1 Å². The SMILES string of the molecule is CCOc1cc(C)nc(N2CCN[C@H](C)C2)n1. The van der Waals surface area contributed by atoms with Crippen LogP contribution >= 0.6 is 0 Å². The van der Waals surface area contributed by atoms with E-state index in [-0.39, 0.29) is 0 Å². The maximum atomic E-state index is 5.45. The van der Waals surface area contributed by atoms with Crippen molar-refractivity contribution in [3.8, 4) is 5.88 Å². The lowest BCUT2D eigenvalue weighted by Crippen LogP contribution is -2.49. The highest BCUT2D eigenvalue weighted by Crippen LogP contribution is 2.16. The summed E-state index contributed by atoms with van der Waals surface area (Å²) in [7, 11) is 0. The van der Waals surface area contributed by atoms with Crippen LogP contribution in [-0.2, 0) is 0 Å². The molecule has 5 nitrogen and oxygen atoms in total. The molecule has 1 aromatic heterocycles. The minimum Gasteiger partial charge on any atom is -0.478 e. The second-order valence-electron chi connectivity index (χ2n) is 4.38. The maximum absolute atomic E-state index is 5.45. The molecule has 0 aromatic carbocycles. The third kappa shape index (κ3) is 3.06. The van der Waals surface area contributed by atoms with E-state index in [9.17, 15) is 0 Å². The van der Waals surface area contributed by atoms with E-state index < -0.39 is 0 Å². The Morgan fingerprint density at radius 2 is 2.35 bits per heavy atom. The molecule has 1 aliphatic heterocycles. The summed E-state index contributed by atoms with van der Waals surface area (Å²) in [5.74, 6) is 1.45. The summed E-state index contributed by atoms with van der Waals surface area (Å²) in [5.41, 5.74) is 0.949. The fraction of sp³-hybridized carbons (Fsp3) is 0.667. The molecular formula is C12H20N4O. The normalized spacial score (nSPS) is 20.4. The second kappa shape index (κ2) is 5.31. The van der Waals surface area contributed by atoms with Crippen LogP contribution in [0.4, 0.5) is 5.95 Å². The average molecular weight is 236 g/mol. The van der Waals surface area contributed by atoms with Crippen molar-refractivity contribution in [3.05, 3.63) is 11.8 Å². The van der Waals surface area contributed by atoms with E-state index in [0.29, 0.717) is 18.5 Å². The first kappa shape index (κ1) is 12.1. The van der Waals surface area contributed by atoms with Crippen LogP contribution in [0.25, 0.3) is 0 Å². The summed E-state index contributed by atoms with van der Waals surface area (Å²) >= 11 is 0. The topological polar surface area (TPSA) is 50.3 Å². The lowest BCUT2D eigenvalue weighted by Gasteiger charge is -2.32. The van der Waals surface area contributed by atoms with E-state index in [0.717, 1.165) is 31.3 Å². The van der Waals surface area contributed by atoms with Crippen LogP contribution in [-0.4, -0.2) is 42.3 Å². The molecule has 0 bridgehead atoms. The van der Waals surface area contributed by atoms with E-state index in [1.54, 1.807) is 0 Å². The molecule has 1 aliphatic rings. The minimum absolute atomic E-state index is 0.475. The van der Waals surface area contributed by atoms with Crippen LogP contribution in [0.3, 0.4) is 0 Å². The number of ether oxygens (including phenoxy) is 1. The first-order chi connectivity index (χ1) is 8.19. The van der Waals surface area contributed by atoms with E-state index in [1.807, 2.05) is 19.9 Å². The fourth-order valence-corrected chi connectivity index (χ4v) is 2.00. The van der Waals surface area contributed by atoms with Crippen LogP contribution in [0.2, 0.25) is 0 Å². The van der Waals surface area contributed by atoms with Gasteiger partial charge in [0.1, 0.15) is 0 Å². The van der Waals surface area contributed by atoms with Gasteiger partial charge < -0.3 is 15.0 Å². The van der Waals surface area contributed by atoms with Crippen LogP contribution in [0.5, 0.6) is 5.88 Å². The number of rotatable bonds is 3. The van der Waals surface area contributed by atoms with Gasteiger partial charge in [-0.25, -0.2) is 4.98 Å². The van der Waals surface area contributed by atoms with Gasteiger partial charge in [0.15, 0.2) is 0 Å². The summed E-state index contributed by atoms with van der Waals surface area (Å²) in [4.78, 5) is 11.1. The fourth-order valence-electron chi connectivity index (χ4n) is 2.00. The molecule has 1 fully saturated rings. The quantitative estimate of drug-likeness (QED) is 0.848. The summed E-state index contributed by atoms with van der Waals surface area (Å²) in [6, 6.07) is 2.35. The van der Waals surface area contributed by atoms with Crippen molar-refractivity contribution in [3.63, 3.8) is 0 Å². The van der Waals surface area contributed by atoms with Crippen molar-refractivity contribution in [1.29, 1.82) is 0 Å². The number of nitrogens with zero attached hydrogens (tertiary/aromatic N) is 3. The molecule has 2 rings (SSSR count). The van der Waals surface area contributed by atoms with Crippen molar-refractivity contribution in [2.75, 3.05) is 31.1 Å². The van der Waals surface area contributed by atoms with Crippen molar-refractivity contribution in [2.24, 2.45) is 0 Å². The molecule has 1 atom stereocenters. The van der Waals surface area contributed by atoms with Crippen LogP contribution in [0.1, 0.15) is 19.5 Å². The second-order valence-corrected chi connectivity index (χ2v) is 4.38. The smallest absolute Gasteiger partial charge is 0.228 e. The number of anilines is 1. The number of aryl methyl sites for hydroxylation is 1. The lowest BCUT2D eigenvalue weighted by atomic mass is 10.2. The Morgan fingerprint density at radius 3 is 3.06 bits per heavy atom. The molecule has 1 N–H and O–H groups in total. The molecule has 0 amide bonds. The third-order valence-corrected chi connectivity index (χ3v) is 2.76. The van der Waals surface area contributed by atoms with E-state index >= 15 is 0 Å². The first-order valence-corrected chi connectivity index (χ1v) is 6.16. The first-order valence-electron chi connectivity index (χ1n) is 6.16. The average Bonchev–Trinajstić information content (AvgIpc) is 2.28. The minimum atomic E-state index is 0.475. The highest BCUT2D eigenvalue weighted by Gasteiger charge is 2.18. The van der Waals surface area contributed by atoms with E-state index in [1.165, 1.54) is 0 Å². The zero-order valence-electron chi connectivity index (χ0n) is 10.7. The summed E-state index contributed by atoms with van der Waals surface area (Å²) in [5, 5.41) is 3.41. The summed E-state index contributed by atoms with van der Waals surface area (Å²) in [6.07, 6.45) is 0. The number of piperazine rings is 1. The van der Waals surface area contributed by atoms with Crippen molar-refractivity contribution >= 4 is 5.95 Å². The van der Waals surface area contributed by atoms with Gasteiger partial charge in [0.2, 0.25) is 11.8 Å². The van der Waals surface area contributed by atoms with Crippen molar-refractivity contribution in [2.45, 2.75) is 26.8 Å². The molecule has 5 heteroatoms. The monoisotopic (exact) mass is 236 g/mol. The van der Waals surface area contributed by atoms with Crippen molar-refractivity contribution < 1.29 is 4.74 Å². The molecule has 1 aromatic rings. The number of nitrogens with one attached hydrogen (secondary N) is 1. The zero-order chi connectivity index (χ0) is 12.3. The van der Waals surface area contributed by atoms with Crippen LogP contribution in [0.15, 0.2) is 6.07 Å². The van der Waals surface area contributed by atoms with Gasteiger partial charge in [0.05, 0.1) is 6.61 Å². The van der Waals surface area contributed by atoms with Gasteiger partial charge in [-0.1, -0.05) is 0 Å².